The van der Waals surface area contributed by atoms with Crippen molar-refractivity contribution in [1.29, 1.82) is 0 Å². The molecule has 1 saturated heterocycles. The van der Waals surface area contributed by atoms with E-state index in [9.17, 15) is 14.7 Å². The number of para-hydroxylation sites is 1. The Morgan fingerprint density at radius 2 is 2.00 bits per heavy atom. The van der Waals surface area contributed by atoms with E-state index in [1.165, 1.54) is 6.07 Å². The average Bonchev–Trinajstić information content (AvgIpc) is 2.96. The van der Waals surface area contributed by atoms with Crippen molar-refractivity contribution in [1.82, 2.24) is 9.88 Å². The van der Waals surface area contributed by atoms with Crippen LogP contribution in [-0.4, -0.2) is 77.2 Å². The quantitative estimate of drug-likeness (QED) is 0.812. The van der Waals surface area contributed by atoms with E-state index in [2.05, 4.69) is 4.98 Å². The Morgan fingerprint density at radius 1 is 1.30 bits per heavy atom. The van der Waals surface area contributed by atoms with Crippen molar-refractivity contribution in [3.63, 3.8) is 0 Å². The van der Waals surface area contributed by atoms with E-state index in [1.54, 1.807) is 17.0 Å². The summed E-state index contributed by atoms with van der Waals surface area (Å²) >= 11 is 0. The molecule has 1 N–H and O–H groups in total. The summed E-state index contributed by atoms with van der Waals surface area (Å²) in [6.45, 7) is 8.97. The molecular weight excluding hydrogens is 345 g/mol. The standard InChI is InChI=1S/C18H23N3O5.Li.H/c1-11-10-20(8-9-21(11)17(24)26-18(2,3)4)16-19-14-12(15(22)23)6-5-7-13(14)25-16;;/h5-7,11H,8-10H2,1-4H3,(H,22,23);;. The normalized spacial score (nSPS) is 17.6. The number of amides is 1. The van der Waals surface area contributed by atoms with Crippen LogP contribution in [0.3, 0.4) is 0 Å². The summed E-state index contributed by atoms with van der Waals surface area (Å²) in [6.07, 6.45) is -0.338. The molecule has 0 saturated carbocycles. The molecule has 1 aliphatic rings. The first kappa shape index (κ1) is 21.1. The summed E-state index contributed by atoms with van der Waals surface area (Å²) in [5, 5.41) is 9.28. The molecule has 27 heavy (non-hydrogen) atoms. The van der Waals surface area contributed by atoms with Crippen LogP contribution in [0.1, 0.15) is 38.1 Å². The second-order valence-corrected chi connectivity index (χ2v) is 7.42. The van der Waals surface area contributed by atoms with Crippen LogP contribution in [0.5, 0.6) is 0 Å². The van der Waals surface area contributed by atoms with Crippen LogP contribution < -0.4 is 4.90 Å². The van der Waals surface area contributed by atoms with Gasteiger partial charge in [0.1, 0.15) is 11.1 Å². The first-order valence-corrected chi connectivity index (χ1v) is 8.53. The number of anilines is 1. The SMILES string of the molecule is CC1CN(c2nc3c(C(=O)O)cccc3o2)CCN1C(=O)OC(C)(C)C.[LiH]. The molecule has 1 amide bonds. The molecule has 9 heteroatoms. The van der Waals surface area contributed by atoms with Gasteiger partial charge in [0, 0.05) is 25.7 Å². The minimum atomic E-state index is -1.04. The van der Waals surface area contributed by atoms with Crippen LogP contribution in [0.25, 0.3) is 11.1 Å². The molecule has 0 aliphatic carbocycles. The van der Waals surface area contributed by atoms with Crippen molar-refractivity contribution in [3.8, 4) is 0 Å². The molecule has 1 fully saturated rings. The van der Waals surface area contributed by atoms with Crippen LogP contribution in [-0.2, 0) is 4.74 Å². The zero-order valence-corrected chi connectivity index (χ0v) is 15.4. The predicted molar refractivity (Wildman–Crippen MR) is 103 cm³/mol. The molecule has 1 aromatic heterocycles. The molecule has 1 aliphatic heterocycles. The number of rotatable bonds is 2. The van der Waals surface area contributed by atoms with Crippen molar-refractivity contribution in [3.05, 3.63) is 23.8 Å². The van der Waals surface area contributed by atoms with Gasteiger partial charge >= 0.3 is 30.9 Å². The molecule has 0 radical (unpaired) electrons. The molecular formula is C18H24LiN3O5. The summed E-state index contributed by atoms with van der Waals surface area (Å²) in [6, 6.07) is 5.10. The average molecular weight is 369 g/mol. The molecule has 3 rings (SSSR count). The van der Waals surface area contributed by atoms with Gasteiger partial charge < -0.3 is 24.1 Å². The van der Waals surface area contributed by atoms with Crippen LogP contribution in [0.4, 0.5) is 10.8 Å². The van der Waals surface area contributed by atoms with Crippen molar-refractivity contribution >= 4 is 48.0 Å². The molecule has 0 spiro atoms. The summed E-state index contributed by atoms with van der Waals surface area (Å²) in [4.78, 5) is 31.6. The van der Waals surface area contributed by atoms with E-state index in [1.807, 2.05) is 32.6 Å². The number of oxazole rings is 1. The fourth-order valence-corrected chi connectivity index (χ4v) is 2.97. The third kappa shape index (κ3) is 4.57. The monoisotopic (exact) mass is 369 g/mol. The van der Waals surface area contributed by atoms with Crippen LogP contribution in [0.15, 0.2) is 22.6 Å². The number of fused-ring (bicyclic) bond motifs is 1. The fraction of sp³-hybridized carbons (Fsp3) is 0.500. The van der Waals surface area contributed by atoms with Gasteiger partial charge in [-0.2, -0.15) is 4.98 Å². The number of aromatic carboxylic acids is 1. The third-order valence-corrected chi connectivity index (χ3v) is 4.16. The third-order valence-electron chi connectivity index (χ3n) is 4.16. The van der Waals surface area contributed by atoms with Crippen LogP contribution in [0, 0.1) is 0 Å². The van der Waals surface area contributed by atoms with Crippen molar-refractivity contribution in [2.24, 2.45) is 0 Å². The number of aromatic nitrogens is 1. The van der Waals surface area contributed by atoms with Crippen LogP contribution >= 0.6 is 0 Å². The summed E-state index contributed by atoms with van der Waals surface area (Å²) < 4.78 is 11.2. The van der Waals surface area contributed by atoms with E-state index in [-0.39, 0.29) is 36.6 Å². The van der Waals surface area contributed by atoms with Gasteiger partial charge in [-0.05, 0) is 39.8 Å². The zero-order valence-electron chi connectivity index (χ0n) is 15.4. The molecule has 2 heterocycles. The van der Waals surface area contributed by atoms with Gasteiger partial charge in [0.25, 0.3) is 6.01 Å². The minimum absolute atomic E-state index is 0. The Morgan fingerprint density at radius 3 is 2.59 bits per heavy atom. The molecule has 1 atom stereocenters. The Labute approximate surface area is 169 Å². The van der Waals surface area contributed by atoms with Crippen molar-refractivity contribution in [2.45, 2.75) is 39.3 Å². The van der Waals surface area contributed by atoms with Crippen LogP contribution in [0.2, 0.25) is 0 Å². The molecule has 2 aromatic rings. The molecule has 142 valence electrons. The molecule has 1 unspecified atom stereocenters. The Balaban J connectivity index is 0.00000261. The maximum atomic E-state index is 12.3. The van der Waals surface area contributed by atoms with Gasteiger partial charge in [0.05, 0.1) is 5.56 Å². The van der Waals surface area contributed by atoms with Gasteiger partial charge in [-0.3, -0.25) is 0 Å². The summed E-state index contributed by atoms with van der Waals surface area (Å²) in [5.74, 6) is -1.04. The Bertz CT molecular complexity index is 845. The number of carbonyl (C=O) groups excluding carboxylic acids is 1. The Kier molecular flexibility index (Phi) is 6.13. The number of carbonyl (C=O) groups is 2. The van der Waals surface area contributed by atoms with E-state index in [0.29, 0.717) is 36.7 Å². The fourth-order valence-electron chi connectivity index (χ4n) is 2.97. The molecule has 1 aromatic carbocycles. The summed E-state index contributed by atoms with van der Waals surface area (Å²) in [5.41, 5.74) is 0.332. The zero-order chi connectivity index (χ0) is 19.1. The predicted octanol–water partition coefficient (Wildman–Crippen LogP) is 2.32. The number of carboxylic acid groups (broad SMARTS) is 1. The van der Waals surface area contributed by atoms with Crippen molar-refractivity contribution < 1.29 is 23.8 Å². The summed E-state index contributed by atoms with van der Waals surface area (Å²) in [7, 11) is 0. The van der Waals surface area contributed by atoms with E-state index >= 15 is 0 Å². The second kappa shape index (κ2) is 7.83. The molecule has 8 nitrogen and oxygen atoms in total. The maximum absolute atomic E-state index is 12.3. The van der Waals surface area contributed by atoms with E-state index < -0.39 is 11.6 Å². The number of nitrogens with zero attached hydrogens (tertiary/aromatic N) is 3. The topological polar surface area (TPSA) is 96.1 Å². The van der Waals surface area contributed by atoms with Gasteiger partial charge in [-0.1, -0.05) is 6.07 Å². The number of ether oxygens (including phenoxy) is 1. The first-order valence-electron chi connectivity index (χ1n) is 8.53. The Hall–Kier alpha value is -2.17. The van der Waals surface area contributed by atoms with Gasteiger partial charge in [0.2, 0.25) is 0 Å². The number of hydrogen-bond donors (Lipinski definition) is 1. The van der Waals surface area contributed by atoms with Gasteiger partial charge in [-0.15, -0.1) is 0 Å². The van der Waals surface area contributed by atoms with E-state index in [4.69, 9.17) is 9.15 Å². The molecule has 0 bridgehead atoms. The number of carboxylic acids is 1. The number of hydrogen-bond acceptors (Lipinski definition) is 6. The second-order valence-electron chi connectivity index (χ2n) is 7.42. The number of benzene rings is 1. The van der Waals surface area contributed by atoms with Gasteiger partial charge in [-0.25, -0.2) is 9.59 Å². The van der Waals surface area contributed by atoms with E-state index in [0.717, 1.165) is 0 Å². The van der Waals surface area contributed by atoms with Gasteiger partial charge in [0.15, 0.2) is 5.58 Å². The first-order chi connectivity index (χ1) is 12.2. The number of piperazine rings is 1. The van der Waals surface area contributed by atoms with Crippen molar-refractivity contribution in [2.75, 3.05) is 24.5 Å².